The normalized spacial score (nSPS) is 13.7. The van der Waals surface area contributed by atoms with Crippen molar-refractivity contribution < 1.29 is 13.9 Å². The highest BCUT2D eigenvalue weighted by Crippen LogP contribution is 2.28. The maximum absolute atomic E-state index is 13.5. The maximum Gasteiger partial charge on any atom is 0.165 e. The summed E-state index contributed by atoms with van der Waals surface area (Å²) >= 11 is 0. The SMILES string of the molecule is COc1cc(-c2nc3c(c(NN)n2)COCC3)ccc1F. The van der Waals surface area contributed by atoms with Crippen LogP contribution in [-0.4, -0.2) is 23.7 Å². The van der Waals surface area contributed by atoms with Crippen LogP contribution < -0.4 is 16.0 Å². The van der Waals surface area contributed by atoms with Gasteiger partial charge in [-0.3, -0.25) is 0 Å². The van der Waals surface area contributed by atoms with Gasteiger partial charge in [0.05, 0.1) is 26.0 Å². The van der Waals surface area contributed by atoms with Crippen LogP contribution in [0.15, 0.2) is 18.2 Å². The van der Waals surface area contributed by atoms with Crippen LogP contribution in [-0.2, 0) is 17.8 Å². The minimum absolute atomic E-state index is 0.152. The number of benzene rings is 1. The molecule has 0 fully saturated rings. The Bertz CT molecular complexity index is 661. The molecule has 110 valence electrons. The first-order valence-corrected chi connectivity index (χ1v) is 6.51. The van der Waals surface area contributed by atoms with Gasteiger partial charge >= 0.3 is 0 Å². The highest BCUT2D eigenvalue weighted by atomic mass is 19.1. The minimum Gasteiger partial charge on any atom is -0.494 e. The van der Waals surface area contributed by atoms with Crippen molar-refractivity contribution in [2.24, 2.45) is 5.84 Å². The van der Waals surface area contributed by atoms with Crippen molar-refractivity contribution in [2.75, 3.05) is 19.1 Å². The van der Waals surface area contributed by atoms with Gasteiger partial charge in [0, 0.05) is 17.5 Å². The molecule has 6 nitrogen and oxygen atoms in total. The first-order valence-electron chi connectivity index (χ1n) is 6.51. The third-order valence-electron chi connectivity index (χ3n) is 3.37. The Balaban J connectivity index is 2.10. The monoisotopic (exact) mass is 290 g/mol. The van der Waals surface area contributed by atoms with E-state index in [0.29, 0.717) is 36.8 Å². The maximum atomic E-state index is 13.5. The fraction of sp³-hybridized carbons (Fsp3) is 0.286. The van der Waals surface area contributed by atoms with Gasteiger partial charge in [-0.25, -0.2) is 20.2 Å². The van der Waals surface area contributed by atoms with Gasteiger partial charge in [0.2, 0.25) is 0 Å². The van der Waals surface area contributed by atoms with Gasteiger partial charge in [0.25, 0.3) is 0 Å². The van der Waals surface area contributed by atoms with Crippen molar-refractivity contribution in [1.29, 1.82) is 0 Å². The minimum atomic E-state index is -0.426. The van der Waals surface area contributed by atoms with Gasteiger partial charge in [-0.15, -0.1) is 0 Å². The molecule has 0 saturated carbocycles. The molecule has 0 radical (unpaired) electrons. The number of nitrogens with two attached hydrogens (primary N) is 1. The summed E-state index contributed by atoms with van der Waals surface area (Å²) < 4.78 is 23.9. The summed E-state index contributed by atoms with van der Waals surface area (Å²) in [5.74, 6) is 6.25. The summed E-state index contributed by atoms with van der Waals surface area (Å²) in [7, 11) is 1.42. The molecule has 1 aliphatic heterocycles. The number of hydrazine groups is 1. The number of rotatable bonds is 3. The number of nitrogens with zero attached hydrogens (tertiary/aromatic N) is 2. The molecule has 2 heterocycles. The Morgan fingerprint density at radius 2 is 2.24 bits per heavy atom. The van der Waals surface area contributed by atoms with Crippen LogP contribution in [0, 0.1) is 5.82 Å². The average Bonchev–Trinajstić information content (AvgIpc) is 2.54. The predicted molar refractivity (Wildman–Crippen MR) is 75.1 cm³/mol. The van der Waals surface area contributed by atoms with Crippen molar-refractivity contribution in [2.45, 2.75) is 13.0 Å². The zero-order valence-electron chi connectivity index (χ0n) is 11.5. The molecule has 0 spiro atoms. The van der Waals surface area contributed by atoms with E-state index in [-0.39, 0.29) is 5.75 Å². The average molecular weight is 290 g/mol. The zero-order chi connectivity index (χ0) is 14.8. The van der Waals surface area contributed by atoms with Crippen molar-refractivity contribution in [3.63, 3.8) is 0 Å². The van der Waals surface area contributed by atoms with Gasteiger partial charge < -0.3 is 14.9 Å². The first kappa shape index (κ1) is 13.7. The summed E-state index contributed by atoms with van der Waals surface area (Å²) in [5, 5.41) is 0. The molecular weight excluding hydrogens is 275 g/mol. The lowest BCUT2D eigenvalue weighted by Gasteiger charge is -2.19. The Morgan fingerprint density at radius 1 is 1.38 bits per heavy atom. The highest BCUT2D eigenvalue weighted by Gasteiger charge is 2.19. The number of anilines is 1. The molecular formula is C14H15FN4O2. The van der Waals surface area contributed by atoms with E-state index in [4.69, 9.17) is 15.3 Å². The van der Waals surface area contributed by atoms with Crippen LogP contribution >= 0.6 is 0 Å². The third kappa shape index (κ3) is 2.53. The Morgan fingerprint density at radius 3 is 3.00 bits per heavy atom. The number of nitrogens with one attached hydrogen (secondary N) is 1. The van der Waals surface area contributed by atoms with Gasteiger partial charge in [-0.1, -0.05) is 0 Å². The van der Waals surface area contributed by atoms with Crippen molar-refractivity contribution >= 4 is 5.82 Å². The molecule has 3 rings (SSSR count). The molecule has 0 amide bonds. The Labute approximate surface area is 121 Å². The fourth-order valence-corrected chi connectivity index (χ4v) is 2.28. The molecule has 0 aliphatic carbocycles. The Kier molecular flexibility index (Phi) is 3.68. The molecule has 1 aliphatic rings. The standard InChI is InChI=1S/C14H15FN4O2/c1-20-12-6-8(2-3-10(12)15)13-17-11-4-5-21-7-9(11)14(18-13)19-16/h2-3,6H,4-5,7,16H2,1H3,(H,17,18,19). The number of hydrogen-bond donors (Lipinski definition) is 2. The van der Waals surface area contributed by atoms with Crippen LogP contribution in [0.4, 0.5) is 10.2 Å². The Hall–Kier alpha value is -2.25. The van der Waals surface area contributed by atoms with E-state index in [1.54, 1.807) is 12.1 Å². The summed E-state index contributed by atoms with van der Waals surface area (Å²) in [6.07, 6.45) is 0.692. The molecule has 21 heavy (non-hydrogen) atoms. The number of fused-ring (bicyclic) bond motifs is 1. The van der Waals surface area contributed by atoms with Crippen molar-refractivity contribution in [3.8, 4) is 17.1 Å². The second-order valence-electron chi connectivity index (χ2n) is 4.62. The van der Waals surface area contributed by atoms with E-state index >= 15 is 0 Å². The quantitative estimate of drug-likeness (QED) is 0.660. The van der Waals surface area contributed by atoms with Gasteiger partial charge in [0.15, 0.2) is 17.4 Å². The number of halogens is 1. The summed E-state index contributed by atoms with van der Waals surface area (Å²) in [6.45, 7) is 1.04. The molecule has 2 aromatic rings. The lowest BCUT2D eigenvalue weighted by atomic mass is 10.1. The molecule has 1 aromatic heterocycles. The molecule has 3 N–H and O–H groups in total. The topological polar surface area (TPSA) is 82.3 Å². The fourth-order valence-electron chi connectivity index (χ4n) is 2.28. The number of ether oxygens (including phenoxy) is 2. The molecule has 0 bridgehead atoms. The van der Waals surface area contributed by atoms with E-state index in [1.807, 2.05) is 0 Å². The van der Waals surface area contributed by atoms with E-state index < -0.39 is 5.82 Å². The van der Waals surface area contributed by atoms with E-state index in [2.05, 4.69) is 15.4 Å². The summed E-state index contributed by atoms with van der Waals surface area (Å²) in [4.78, 5) is 8.91. The summed E-state index contributed by atoms with van der Waals surface area (Å²) in [5.41, 5.74) is 4.99. The molecule has 0 unspecified atom stereocenters. The van der Waals surface area contributed by atoms with E-state index in [9.17, 15) is 4.39 Å². The molecule has 7 heteroatoms. The number of nitrogen functional groups attached to an aromatic ring is 1. The van der Waals surface area contributed by atoms with Crippen molar-refractivity contribution in [3.05, 3.63) is 35.3 Å². The molecule has 0 atom stereocenters. The van der Waals surface area contributed by atoms with E-state index in [1.165, 1.54) is 13.2 Å². The van der Waals surface area contributed by atoms with Crippen molar-refractivity contribution in [1.82, 2.24) is 9.97 Å². The molecule has 0 saturated heterocycles. The van der Waals surface area contributed by atoms with E-state index in [0.717, 1.165) is 11.3 Å². The van der Waals surface area contributed by atoms with Crippen LogP contribution in [0.25, 0.3) is 11.4 Å². The largest absolute Gasteiger partial charge is 0.494 e. The lowest BCUT2D eigenvalue weighted by Crippen LogP contribution is -2.19. The van der Waals surface area contributed by atoms with Crippen LogP contribution in [0.5, 0.6) is 5.75 Å². The van der Waals surface area contributed by atoms with Crippen LogP contribution in [0.3, 0.4) is 0 Å². The summed E-state index contributed by atoms with van der Waals surface area (Å²) in [6, 6.07) is 4.51. The van der Waals surface area contributed by atoms with Crippen LogP contribution in [0.2, 0.25) is 0 Å². The van der Waals surface area contributed by atoms with Crippen LogP contribution in [0.1, 0.15) is 11.3 Å². The lowest BCUT2D eigenvalue weighted by molar-refractivity contribution is 0.109. The predicted octanol–water partition coefficient (Wildman–Crippen LogP) is 1.65. The van der Waals surface area contributed by atoms with Gasteiger partial charge in [0.1, 0.15) is 5.82 Å². The van der Waals surface area contributed by atoms with Gasteiger partial charge in [-0.05, 0) is 18.2 Å². The second-order valence-corrected chi connectivity index (χ2v) is 4.62. The number of hydrogen-bond acceptors (Lipinski definition) is 6. The zero-order valence-corrected chi connectivity index (χ0v) is 11.5. The number of aromatic nitrogens is 2. The highest BCUT2D eigenvalue weighted by molar-refractivity contribution is 5.61. The molecule has 1 aromatic carbocycles. The smallest absolute Gasteiger partial charge is 0.165 e. The number of methoxy groups -OCH3 is 1. The first-order chi connectivity index (χ1) is 10.2. The second kappa shape index (κ2) is 5.63. The third-order valence-corrected chi connectivity index (χ3v) is 3.37. The van der Waals surface area contributed by atoms with Gasteiger partial charge in [-0.2, -0.15) is 0 Å².